The Bertz CT molecular complexity index is 312. The highest BCUT2D eigenvalue weighted by Crippen LogP contribution is 2.11. The second-order valence-electron chi connectivity index (χ2n) is 5.38. The van der Waals surface area contributed by atoms with Crippen molar-refractivity contribution in [1.29, 1.82) is 0 Å². The van der Waals surface area contributed by atoms with Crippen LogP contribution in [0.1, 0.15) is 27.7 Å². The Hall–Kier alpha value is -1.30. The van der Waals surface area contributed by atoms with Crippen molar-refractivity contribution in [2.24, 2.45) is 0 Å². The Labute approximate surface area is 108 Å². The first-order valence-corrected chi connectivity index (χ1v) is 6.12. The van der Waals surface area contributed by atoms with E-state index < -0.39 is 5.60 Å². The fourth-order valence-corrected chi connectivity index (χ4v) is 1.65. The Morgan fingerprint density at radius 1 is 1.39 bits per heavy atom. The van der Waals surface area contributed by atoms with Gasteiger partial charge in [0.15, 0.2) is 0 Å². The number of carbonyl (C=O) groups is 2. The van der Waals surface area contributed by atoms with Crippen molar-refractivity contribution >= 4 is 12.1 Å². The lowest BCUT2D eigenvalue weighted by Gasteiger charge is -2.34. The van der Waals surface area contributed by atoms with E-state index in [1.807, 2.05) is 20.8 Å². The summed E-state index contributed by atoms with van der Waals surface area (Å²) in [4.78, 5) is 24.2. The molecule has 1 saturated heterocycles. The molecule has 0 spiro atoms. The topological polar surface area (TPSA) is 67.9 Å². The van der Waals surface area contributed by atoms with Crippen molar-refractivity contribution in [2.45, 2.75) is 39.3 Å². The van der Waals surface area contributed by atoms with Gasteiger partial charge in [-0.15, -0.1) is 0 Å². The molecule has 6 heteroatoms. The van der Waals surface area contributed by atoms with Gasteiger partial charge < -0.3 is 19.7 Å². The number of piperazine rings is 1. The summed E-state index contributed by atoms with van der Waals surface area (Å²) in [5.41, 5.74) is -0.493. The third kappa shape index (κ3) is 5.35. The highest BCUT2D eigenvalue weighted by atomic mass is 16.6. The smallest absolute Gasteiger partial charge is 0.410 e. The molecule has 1 amide bonds. The average Bonchev–Trinajstić information content (AvgIpc) is 2.24. The molecule has 1 rings (SSSR count). The van der Waals surface area contributed by atoms with Gasteiger partial charge in [0.2, 0.25) is 0 Å². The standard InChI is InChI=1S/C12H22N2O4/c1-9(15)17-8-10-7-14(6-5-13-10)11(16)18-12(2,3)4/h10,13H,5-8H2,1-4H3. The van der Waals surface area contributed by atoms with E-state index in [4.69, 9.17) is 9.47 Å². The molecule has 104 valence electrons. The van der Waals surface area contributed by atoms with Crippen LogP contribution in [0.4, 0.5) is 4.79 Å². The number of nitrogens with one attached hydrogen (secondary N) is 1. The summed E-state index contributed by atoms with van der Waals surface area (Å²) in [6.45, 7) is 8.91. The minimum Gasteiger partial charge on any atom is -0.464 e. The van der Waals surface area contributed by atoms with Crippen molar-refractivity contribution in [3.8, 4) is 0 Å². The predicted molar refractivity (Wildman–Crippen MR) is 66.2 cm³/mol. The predicted octanol–water partition coefficient (Wildman–Crippen LogP) is 0.758. The second-order valence-corrected chi connectivity index (χ2v) is 5.38. The van der Waals surface area contributed by atoms with E-state index in [9.17, 15) is 9.59 Å². The van der Waals surface area contributed by atoms with Gasteiger partial charge in [0, 0.05) is 26.6 Å². The third-order valence-corrected chi connectivity index (χ3v) is 2.39. The Morgan fingerprint density at radius 2 is 2.06 bits per heavy atom. The first kappa shape index (κ1) is 14.8. The summed E-state index contributed by atoms with van der Waals surface area (Å²) >= 11 is 0. The second kappa shape index (κ2) is 6.04. The van der Waals surface area contributed by atoms with E-state index in [1.165, 1.54) is 6.92 Å². The number of hydrogen-bond acceptors (Lipinski definition) is 5. The minimum absolute atomic E-state index is 0.0323. The first-order chi connectivity index (χ1) is 8.28. The van der Waals surface area contributed by atoms with Crippen LogP contribution in [0, 0.1) is 0 Å². The largest absolute Gasteiger partial charge is 0.464 e. The normalized spacial score (nSPS) is 20.4. The van der Waals surface area contributed by atoms with Gasteiger partial charge in [-0.3, -0.25) is 4.79 Å². The molecule has 1 heterocycles. The van der Waals surface area contributed by atoms with Crippen LogP contribution < -0.4 is 5.32 Å². The molecule has 0 aliphatic carbocycles. The average molecular weight is 258 g/mol. The van der Waals surface area contributed by atoms with E-state index in [1.54, 1.807) is 4.90 Å². The monoisotopic (exact) mass is 258 g/mol. The van der Waals surface area contributed by atoms with Crippen LogP contribution in [0.25, 0.3) is 0 Å². The van der Waals surface area contributed by atoms with E-state index in [0.29, 0.717) is 19.6 Å². The zero-order valence-corrected chi connectivity index (χ0v) is 11.5. The zero-order chi connectivity index (χ0) is 13.8. The zero-order valence-electron chi connectivity index (χ0n) is 11.5. The number of carbonyl (C=O) groups excluding carboxylic acids is 2. The van der Waals surface area contributed by atoms with E-state index in [-0.39, 0.29) is 24.7 Å². The lowest BCUT2D eigenvalue weighted by molar-refractivity contribution is -0.141. The van der Waals surface area contributed by atoms with Crippen molar-refractivity contribution in [3.05, 3.63) is 0 Å². The van der Waals surface area contributed by atoms with Gasteiger partial charge in [0.05, 0.1) is 6.04 Å². The van der Waals surface area contributed by atoms with Gasteiger partial charge >= 0.3 is 12.1 Å². The number of esters is 1. The number of hydrogen-bond donors (Lipinski definition) is 1. The quantitative estimate of drug-likeness (QED) is 0.741. The minimum atomic E-state index is -0.493. The van der Waals surface area contributed by atoms with Gasteiger partial charge in [-0.25, -0.2) is 4.79 Å². The molecule has 1 aliphatic heterocycles. The van der Waals surface area contributed by atoms with Crippen LogP contribution in [-0.4, -0.2) is 54.8 Å². The van der Waals surface area contributed by atoms with Crippen LogP contribution in [-0.2, 0) is 14.3 Å². The molecule has 0 bridgehead atoms. The van der Waals surface area contributed by atoms with Gasteiger partial charge in [-0.05, 0) is 20.8 Å². The van der Waals surface area contributed by atoms with Crippen LogP contribution in [0.3, 0.4) is 0 Å². The molecule has 0 aromatic heterocycles. The highest BCUT2D eigenvalue weighted by molar-refractivity contribution is 5.68. The molecule has 1 atom stereocenters. The van der Waals surface area contributed by atoms with E-state index in [2.05, 4.69) is 5.32 Å². The van der Waals surface area contributed by atoms with Crippen LogP contribution >= 0.6 is 0 Å². The maximum Gasteiger partial charge on any atom is 0.410 e. The molecule has 1 aliphatic rings. The van der Waals surface area contributed by atoms with Gasteiger partial charge in [-0.1, -0.05) is 0 Å². The lowest BCUT2D eigenvalue weighted by atomic mass is 10.2. The van der Waals surface area contributed by atoms with Crippen LogP contribution in [0.5, 0.6) is 0 Å². The molecule has 0 radical (unpaired) electrons. The summed E-state index contributed by atoms with van der Waals surface area (Å²) in [5, 5.41) is 3.20. The van der Waals surface area contributed by atoms with E-state index >= 15 is 0 Å². The fourth-order valence-electron chi connectivity index (χ4n) is 1.65. The molecule has 1 unspecified atom stereocenters. The maximum atomic E-state index is 11.9. The van der Waals surface area contributed by atoms with Gasteiger partial charge in [-0.2, -0.15) is 0 Å². The molecule has 0 saturated carbocycles. The van der Waals surface area contributed by atoms with E-state index in [0.717, 1.165) is 0 Å². The number of rotatable bonds is 2. The molecule has 0 aromatic carbocycles. The summed E-state index contributed by atoms with van der Waals surface area (Å²) in [5.74, 6) is -0.314. The van der Waals surface area contributed by atoms with Crippen LogP contribution in [0.2, 0.25) is 0 Å². The SMILES string of the molecule is CC(=O)OCC1CN(C(=O)OC(C)(C)C)CCN1. The third-order valence-electron chi connectivity index (χ3n) is 2.39. The molecule has 6 nitrogen and oxygen atoms in total. The molecular formula is C12H22N2O4. The fraction of sp³-hybridized carbons (Fsp3) is 0.833. The van der Waals surface area contributed by atoms with Crippen molar-refractivity contribution in [2.75, 3.05) is 26.2 Å². The maximum absolute atomic E-state index is 11.9. The number of amides is 1. The van der Waals surface area contributed by atoms with Crippen molar-refractivity contribution in [1.82, 2.24) is 10.2 Å². The molecule has 18 heavy (non-hydrogen) atoms. The highest BCUT2D eigenvalue weighted by Gasteiger charge is 2.27. The molecule has 1 fully saturated rings. The first-order valence-electron chi connectivity index (χ1n) is 6.12. The van der Waals surface area contributed by atoms with Gasteiger partial charge in [0.1, 0.15) is 12.2 Å². The Balaban J connectivity index is 2.43. The van der Waals surface area contributed by atoms with Gasteiger partial charge in [0.25, 0.3) is 0 Å². The van der Waals surface area contributed by atoms with Crippen molar-refractivity contribution in [3.63, 3.8) is 0 Å². The van der Waals surface area contributed by atoms with Crippen molar-refractivity contribution < 1.29 is 19.1 Å². The summed E-state index contributed by atoms with van der Waals surface area (Å²) < 4.78 is 10.2. The number of nitrogens with zero attached hydrogens (tertiary/aromatic N) is 1. The number of ether oxygens (including phenoxy) is 2. The Kier molecular flexibility index (Phi) is 4.95. The lowest BCUT2D eigenvalue weighted by Crippen LogP contribution is -2.55. The summed E-state index contributed by atoms with van der Waals surface area (Å²) in [6, 6.07) is -0.0323. The molecule has 0 aromatic rings. The molecule has 1 N–H and O–H groups in total. The van der Waals surface area contributed by atoms with Crippen LogP contribution in [0.15, 0.2) is 0 Å². The molecular weight excluding hydrogens is 236 g/mol. The summed E-state index contributed by atoms with van der Waals surface area (Å²) in [6.07, 6.45) is -0.322. The summed E-state index contributed by atoms with van der Waals surface area (Å²) in [7, 11) is 0. The Morgan fingerprint density at radius 3 is 2.61 bits per heavy atom.